The topological polar surface area (TPSA) is 55.1 Å². The number of nitrogens with one attached hydrogen (secondary N) is 1. The molecule has 1 aliphatic rings. The number of benzene rings is 1. The Morgan fingerprint density at radius 3 is 3.05 bits per heavy atom. The van der Waals surface area contributed by atoms with Gasteiger partial charge in [0.15, 0.2) is 0 Å². The average Bonchev–Trinajstić information content (AvgIpc) is 2.87. The molecule has 0 radical (unpaired) electrons. The summed E-state index contributed by atoms with van der Waals surface area (Å²) < 4.78 is 18.9. The predicted molar refractivity (Wildman–Crippen MR) is 79.7 cm³/mol. The zero-order valence-electron chi connectivity index (χ0n) is 12.7. The van der Waals surface area contributed by atoms with Crippen molar-refractivity contribution in [3.8, 4) is 0 Å². The van der Waals surface area contributed by atoms with Gasteiger partial charge in [0.05, 0.1) is 18.2 Å². The van der Waals surface area contributed by atoms with Crippen LogP contribution in [0.4, 0.5) is 4.39 Å². The van der Waals surface area contributed by atoms with Crippen LogP contribution in [0.5, 0.6) is 0 Å². The molecule has 0 unspecified atom stereocenters. The van der Waals surface area contributed by atoms with E-state index in [2.05, 4.69) is 17.4 Å². The van der Waals surface area contributed by atoms with E-state index in [-0.39, 0.29) is 30.1 Å². The summed E-state index contributed by atoms with van der Waals surface area (Å²) in [5, 5.41) is 6.85. The molecule has 0 spiro atoms. The molecule has 0 fully saturated rings. The number of carbonyl (C=O) groups excluding carboxylic acids is 1. The summed E-state index contributed by atoms with van der Waals surface area (Å²) >= 11 is 0. The van der Waals surface area contributed by atoms with Crippen LogP contribution < -0.4 is 5.32 Å². The molecule has 22 heavy (non-hydrogen) atoms. The van der Waals surface area contributed by atoms with Gasteiger partial charge in [0.1, 0.15) is 11.6 Å². The van der Waals surface area contributed by atoms with Gasteiger partial charge in [0.2, 0.25) is 5.91 Å². The van der Waals surface area contributed by atoms with Crippen LogP contribution in [0.25, 0.3) is 0 Å². The van der Waals surface area contributed by atoms with Gasteiger partial charge in [-0.25, -0.2) is 4.39 Å². The minimum Gasteiger partial charge on any atom is -0.361 e. The summed E-state index contributed by atoms with van der Waals surface area (Å²) in [6.45, 7) is 3.87. The van der Waals surface area contributed by atoms with E-state index >= 15 is 0 Å². The van der Waals surface area contributed by atoms with Crippen LogP contribution in [-0.4, -0.2) is 11.1 Å². The highest BCUT2D eigenvalue weighted by Gasteiger charge is 2.29. The van der Waals surface area contributed by atoms with Gasteiger partial charge in [-0.15, -0.1) is 0 Å². The summed E-state index contributed by atoms with van der Waals surface area (Å²) in [7, 11) is 0. The first-order chi connectivity index (χ1) is 10.5. The summed E-state index contributed by atoms with van der Waals surface area (Å²) in [5.74, 6) is 0.650. The van der Waals surface area contributed by atoms with Crippen molar-refractivity contribution in [3.63, 3.8) is 0 Å². The molecule has 1 aromatic heterocycles. The fourth-order valence-corrected chi connectivity index (χ4v) is 3.09. The molecule has 2 atom stereocenters. The lowest BCUT2D eigenvalue weighted by molar-refractivity contribution is -0.121. The standard InChI is InChI=1S/C17H19FN2O2/c1-10-6-7-13-14(4-3-5-15(13)18)17(10)19-16(21)9-12-8-11(2)22-20-12/h3-5,8,10,17H,6-7,9H2,1-2H3,(H,19,21)/t10-,17+/m0/s1. The highest BCUT2D eigenvalue weighted by molar-refractivity contribution is 5.78. The smallest absolute Gasteiger partial charge is 0.226 e. The molecule has 5 heteroatoms. The molecule has 2 aromatic rings. The van der Waals surface area contributed by atoms with Crippen molar-refractivity contribution in [1.29, 1.82) is 0 Å². The number of hydrogen-bond acceptors (Lipinski definition) is 3. The van der Waals surface area contributed by atoms with E-state index in [0.717, 1.165) is 24.0 Å². The average molecular weight is 302 g/mol. The van der Waals surface area contributed by atoms with Crippen LogP contribution in [-0.2, 0) is 17.6 Å². The zero-order valence-corrected chi connectivity index (χ0v) is 12.7. The molecule has 0 bridgehead atoms. The van der Waals surface area contributed by atoms with Crippen molar-refractivity contribution in [2.75, 3.05) is 0 Å². The maximum atomic E-state index is 13.9. The second-order valence-electron chi connectivity index (χ2n) is 5.97. The number of amides is 1. The first-order valence-corrected chi connectivity index (χ1v) is 7.53. The summed E-state index contributed by atoms with van der Waals surface area (Å²) in [6.07, 6.45) is 1.76. The third-order valence-electron chi connectivity index (χ3n) is 4.24. The summed E-state index contributed by atoms with van der Waals surface area (Å²) in [4.78, 5) is 12.2. The maximum Gasteiger partial charge on any atom is 0.226 e. The minimum absolute atomic E-state index is 0.123. The van der Waals surface area contributed by atoms with E-state index in [9.17, 15) is 9.18 Å². The van der Waals surface area contributed by atoms with Crippen molar-refractivity contribution < 1.29 is 13.7 Å². The molecule has 3 rings (SSSR count). The maximum absolute atomic E-state index is 13.9. The number of rotatable bonds is 3. The van der Waals surface area contributed by atoms with E-state index in [1.165, 1.54) is 6.07 Å². The normalized spacial score (nSPS) is 20.5. The molecule has 0 aliphatic heterocycles. The van der Waals surface area contributed by atoms with Gasteiger partial charge in [-0.2, -0.15) is 0 Å². The highest BCUT2D eigenvalue weighted by atomic mass is 19.1. The SMILES string of the molecule is Cc1cc(CC(=O)N[C@H]2c3cccc(F)c3CC[C@@H]2C)no1. The van der Waals surface area contributed by atoms with Crippen LogP contribution in [0, 0.1) is 18.7 Å². The first-order valence-electron chi connectivity index (χ1n) is 7.53. The van der Waals surface area contributed by atoms with E-state index in [4.69, 9.17) is 4.52 Å². The summed E-state index contributed by atoms with van der Waals surface area (Å²) in [5.41, 5.74) is 2.23. The molecular weight excluding hydrogens is 283 g/mol. The monoisotopic (exact) mass is 302 g/mol. The van der Waals surface area contributed by atoms with Crippen molar-refractivity contribution in [2.24, 2.45) is 5.92 Å². The number of aromatic nitrogens is 1. The molecular formula is C17H19FN2O2. The predicted octanol–water partition coefficient (Wildman–Crippen LogP) is 3.10. The third-order valence-corrected chi connectivity index (χ3v) is 4.24. The highest BCUT2D eigenvalue weighted by Crippen LogP contribution is 2.35. The molecule has 1 aliphatic carbocycles. The lowest BCUT2D eigenvalue weighted by Gasteiger charge is -2.32. The van der Waals surface area contributed by atoms with E-state index < -0.39 is 0 Å². The number of aryl methyl sites for hydroxylation is 1. The lowest BCUT2D eigenvalue weighted by atomic mass is 9.80. The van der Waals surface area contributed by atoms with Gasteiger partial charge in [-0.1, -0.05) is 24.2 Å². The minimum atomic E-state index is -0.184. The van der Waals surface area contributed by atoms with Crippen molar-refractivity contribution in [2.45, 2.75) is 39.2 Å². The Morgan fingerprint density at radius 1 is 1.50 bits per heavy atom. The number of nitrogens with zero attached hydrogens (tertiary/aromatic N) is 1. The van der Waals surface area contributed by atoms with E-state index in [1.807, 2.05) is 6.07 Å². The van der Waals surface area contributed by atoms with Crippen LogP contribution in [0.15, 0.2) is 28.8 Å². The Morgan fingerprint density at radius 2 is 2.32 bits per heavy atom. The number of carbonyl (C=O) groups is 1. The zero-order chi connectivity index (χ0) is 15.7. The number of fused-ring (bicyclic) bond motifs is 1. The van der Waals surface area contributed by atoms with Crippen LogP contribution in [0.1, 0.15) is 42.0 Å². The second kappa shape index (κ2) is 5.91. The third kappa shape index (κ3) is 2.89. The van der Waals surface area contributed by atoms with Crippen molar-refractivity contribution >= 4 is 5.91 Å². The van der Waals surface area contributed by atoms with Gasteiger partial charge in [-0.05, 0) is 42.9 Å². The first kappa shape index (κ1) is 14.8. The second-order valence-corrected chi connectivity index (χ2v) is 5.97. The number of halogens is 1. The Hall–Kier alpha value is -2.17. The van der Waals surface area contributed by atoms with Gasteiger partial charge < -0.3 is 9.84 Å². The molecule has 1 aromatic carbocycles. The van der Waals surface area contributed by atoms with Crippen LogP contribution >= 0.6 is 0 Å². The fourth-order valence-electron chi connectivity index (χ4n) is 3.09. The molecule has 1 amide bonds. The van der Waals surface area contributed by atoms with Crippen LogP contribution in [0.3, 0.4) is 0 Å². The van der Waals surface area contributed by atoms with E-state index in [1.54, 1.807) is 19.1 Å². The van der Waals surface area contributed by atoms with Crippen molar-refractivity contribution in [3.05, 3.63) is 52.7 Å². The Labute approximate surface area is 128 Å². The summed E-state index contributed by atoms with van der Waals surface area (Å²) in [6, 6.07) is 6.68. The van der Waals surface area contributed by atoms with E-state index in [0.29, 0.717) is 11.5 Å². The van der Waals surface area contributed by atoms with Gasteiger partial charge in [-0.3, -0.25) is 4.79 Å². The Balaban J connectivity index is 1.77. The van der Waals surface area contributed by atoms with Crippen LogP contribution in [0.2, 0.25) is 0 Å². The quantitative estimate of drug-likeness (QED) is 0.948. The van der Waals surface area contributed by atoms with Crippen molar-refractivity contribution in [1.82, 2.24) is 10.5 Å². The fraction of sp³-hybridized carbons (Fsp3) is 0.412. The number of hydrogen-bond donors (Lipinski definition) is 1. The van der Waals surface area contributed by atoms with Gasteiger partial charge in [0, 0.05) is 6.07 Å². The lowest BCUT2D eigenvalue weighted by Crippen LogP contribution is -2.36. The molecule has 116 valence electrons. The molecule has 4 nitrogen and oxygen atoms in total. The Kier molecular flexibility index (Phi) is 3.96. The molecule has 1 N–H and O–H groups in total. The Bertz CT molecular complexity index is 696. The van der Waals surface area contributed by atoms with Gasteiger partial charge >= 0.3 is 0 Å². The molecule has 1 heterocycles. The molecule has 0 saturated heterocycles. The molecule has 0 saturated carbocycles. The van der Waals surface area contributed by atoms with Gasteiger partial charge in [0.25, 0.3) is 0 Å². The largest absolute Gasteiger partial charge is 0.361 e.